The molecule has 1 atom stereocenters. The summed E-state index contributed by atoms with van der Waals surface area (Å²) in [5.74, 6) is -0.599. The lowest BCUT2D eigenvalue weighted by Gasteiger charge is -2.15. The first-order valence-electron chi connectivity index (χ1n) is 7.22. The number of nitrogens with two attached hydrogens (primary N) is 1. The van der Waals surface area contributed by atoms with Gasteiger partial charge in [-0.25, -0.2) is 0 Å². The van der Waals surface area contributed by atoms with Crippen LogP contribution in [0.4, 0.5) is 11.4 Å². The first-order chi connectivity index (χ1) is 11.0. The third kappa shape index (κ3) is 4.58. The van der Waals surface area contributed by atoms with E-state index in [9.17, 15) is 9.59 Å². The van der Waals surface area contributed by atoms with Crippen LogP contribution in [-0.4, -0.2) is 17.9 Å². The summed E-state index contributed by atoms with van der Waals surface area (Å²) in [6, 6.07) is 7.31. The number of furan rings is 1. The molecule has 6 nitrogen and oxygen atoms in total. The summed E-state index contributed by atoms with van der Waals surface area (Å²) in [6.07, 6.45) is 2.78. The summed E-state index contributed by atoms with van der Waals surface area (Å²) in [4.78, 5) is 24.1. The van der Waals surface area contributed by atoms with Gasteiger partial charge in [0.25, 0.3) is 5.91 Å². The van der Waals surface area contributed by atoms with Crippen molar-refractivity contribution < 1.29 is 14.0 Å². The van der Waals surface area contributed by atoms with Gasteiger partial charge in [-0.05, 0) is 36.8 Å². The van der Waals surface area contributed by atoms with Crippen LogP contribution >= 0.6 is 11.6 Å². The molecule has 1 unspecified atom stereocenters. The molecule has 0 bridgehead atoms. The molecule has 23 heavy (non-hydrogen) atoms. The zero-order valence-electron chi connectivity index (χ0n) is 12.6. The van der Waals surface area contributed by atoms with Crippen LogP contribution in [0.3, 0.4) is 0 Å². The van der Waals surface area contributed by atoms with Gasteiger partial charge in [-0.1, -0.05) is 24.9 Å². The molecule has 0 aliphatic rings. The third-order valence-electron chi connectivity index (χ3n) is 3.17. The number of hydrogen-bond acceptors (Lipinski definition) is 4. The average Bonchev–Trinajstić information content (AvgIpc) is 3.04. The van der Waals surface area contributed by atoms with Crippen molar-refractivity contribution in [2.45, 2.75) is 25.8 Å². The lowest BCUT2D eigenvalue weighted by molar-refractivity contribution is -0.117. The molecule has 122 valence electrons. The first kappa shape index (κ1) is 17.1. The van der Waals surface area contributed by atoms with Crippen LogP contribution in [0.15, 0.2) is 41.0 Å². The minimum atomic E-state index is -0.607. The molecule has 2 amide bonds. The number of hydrogen-bond donors (Lipinski definition) is 3. The van der Waals surface area contributed by atoms with Crippen LogP contribution < -0.4 is 16.4 Å². The maximum absolute atomic E-state index is 12.1. The Bertz CT molecular complexity index is 686. The van der Waals surface area contributed by atoms with Gasteiger partial charge in [0.15, 0.2) is 5.76 Å². The Morgan fingerprint density at radius 2 is 2.04 bits per heavy atom. The summed E-state index contributed by atoms with van der Waals surface area (Å²) < 4.78 is 5.04. The lowest BCUT2D eigenvalue weighted by atomic mass is 10.1. The highest BCUT2D eigenvalue weighted by Crippen LogP contribution is 2.26. The predicted octanol–water partition coefficient (Wildman–Crippen LogP) is 3.25. The van der Waals surface area contributed by atoms with E-state index in [0.29, 0.717) is 22.8 Å². The van der Waals surface area contributed by atoms with Crippen LogP contribution in [0.5, 0.6) is 0 Å². The Morgan fingerprint density at radius 1 is 1.26 bits per heavy atom. The van der Waals surface area contributed by atoms with E-state index in [1.54, 1.807) is 24.3 Å². The Balaban J connectivity index is 2.17. The van der Waals surface area contributed by atoms with Crippen molar-refractivity contribution in [3.05, 3.63) is 47.4 Å². The van der Waals surface area contributed by atoms with Gasteiger partial charge in [0.1, 0.15) is 0 Å². The Labute approximate surface area is 139 Å². The molecule has 2 aromatic rings. The minimum Gasteiger partial charge on any atom is -0.459 e. The maximum Gasteiger partial charge on any atom is 0.291 e. The van der Waals surface area contributed by atoms with E-state index in [4.69, 9.17) is 21.8 Å². The van der Waals surface area contributed by atoms with Gasteiger partial charge in [0.2, 0.25) is 5.91 Å². The normalized spacial score (nSPS) is 11.8. The van der Waals surface area contributed by atoms with Crippen molar-refractivity contribution in [1.82, 2.24) is 0 Å². The average molecular weight is 336 g/mol. The highest BCUT2D eigenvalue weighted by atomic mass is 35.5. The Kier molecular flexibility index (Phi) is 5.78. The molecule has 0 spiro atoms. The number of carbonyl (C=O) groups excluding carboxylic acids is 2. The van der Waals surface area contributed by atoms with E-state index in [-0.39, 0.29) is 11.7 Å². The molecular formula is C16H18ClN3O3. The van der Waals surface area contributed by atoms with Crippen molar-refractivity contribution >= 4 is 34.8 Å². The highest BCUT2D eigenvalue weighted by Gasteiger charge is 2.16. The number of carbonyl (C=O) groups is 2. The van der Waals surface area contributed by atoms with Crippen LogP contribution in [0.25, 0.3) is 0 Å². The molecule has 0 radical (unpaired) electrons. The molecule has 4 N–H and O–H groups in total. The molecular weight excluding hydrogens is 318 g/mol. The first-order valence-corrected chi connectivity index (χ1v) is 7.60. The van der Waals surface area contributed by atoms with Gasteiger partial charge < -0.3 is 20.8 Å². The standard InChI is InChI=1S/C16H18ClN3O3/c1-2-4-11(18)15(21)19-12-7-6-10(17)9-13(12)20-16(22)14-5-3-8-23-14/h3,5-9,11H,2,4,18H2,1H3,(H,19,21)(H,20,22). The van der Waals surface area contributed by atoms with E-state index in [2.05, 4.69) is 10.6 Å². The summed E-state index contributed by atoms with van der Waals surface area (Å²) >= 11 is 5.96. The summed E-state index contributed by atoms with van der Waals surface area (Å²) in [5, 5.41) is 5.79. The predicted molar refractivity (Wildman–Crippen MR) is 89.6 cm³/mol. The fourth-order valence-corrected chi connectivity index (χ4v) is 2.16. The zero-order valence-corrected chi connectivity index (χ0v) is 13.4. The Hall–Kier alpha value is -2.31. The molecule has 1 aromatic carbocycles. The second-order valence-electron chi connectivity index (χ2n) is 5.01. The van der Waals surface area contributed by atoms with Gasteiger partial charge in [-0.3, -0.25) is 9.59 Å². The van der Waals surface area contributed by atoms with Crippen molar-refractivity contribution in [3.8, 4) is 0 Å². The van der Waals surface area contributed by atoms with Gasteiger partial charge in [0, 0.05) is 5.02 Å². The number of anilines is 2. The minimum absolute atomic E-state index is 0.157. The summed E-state index contributed by atoms with van der Waals surface area (Å²) in [7, 11) is 0. The number of halogens is 1. The molecule has 7 heteroatoms. The fraction of sp³-hybridized carbons (Fsp3) is 0.250. The zero-order chi connectivity index (χ0) is 16.8. The van der Waals surface area contributed by atoms with E-state index in [1.165, 1.54) is 12.3 Å². The van der Waals surface area contributed by atoms with Gasteiger partial charge in [0.05, 0.1) is 23.7 Å². The van der Waals surface area contributed by atoms with Crippen LogP contribution in [-0.2, 0) is 4.79 Å². The van der Waals surface area contributed by atoms with E-state index in [0.717, 1.165) is 6.42 Å². The molecule has 0 aliphatic carbocycles. The van der Waals surface area contributed by atoms with Gasteiger partial charge in [-0.2, -0.15) is 0 Å². The number of rotatable bonds is 6. The smallest absolute Gasteiger partial charge is 0.291 e. The van der Waals surface area contributed by atoms with E-state index in [1.807, 2.05) is 6.92 Å². The molecule has 1 heterocycles. The third-order valence-corrected chi connectivity index (χ3v) is 3.40. The molecule has 0 saturated heterocycles. The van der Waals surface area contributed by atoms with Crippen LogP contribution in [0.1, 0.15) is 30.3 Å². The Morgan fingerprint density at radius 3 is 2.70 bits per heavy atom. The maximum atomic E-state index is 12.1. The molecule has 1 aromatic heterocycles. The molecule has 0 aliphatic heterocycles. The highest BCUT2D eigenvalue weighted by molar-refractivity contribution is 6.31. The number of nitrogens with one attached hydrogen (secondary N) is 2. The number of benzene rings is 1. The molecule has 0 saturated carbocycles. The van der Waals surface area contributed by atoms with Gasteiger partial charge >= 0.3 is 0 Å². The topological polar surface area (TPSA) is 97.4 Å². The quantitative estimate of drug-likeness (QED) is 0.754. The summed E-state index contributed by atoms with van der Waals surface area (Å²) in [6.45, 7) is 1.95. The van der Waals surface area contributed by atoms with Crippen molar-refractivity contribution in [2.75, 3.05) is 10.6 Å². The molecule has 0 fully saturated rings. The van der Waals surface area contributed by atoms with Crippen LogP contribution in [0, 0.1) is 0 Å². The van der Waals surface area contributed by atoms with Crippen LogP contribution in [0.2, 0.25) is 5.02 Å². The molecule has 2 rings (SSSR count). The second-order valence-corrected chi connectivity index (χ2v) is 5.44. The monoisotopic (exact) mass is 335 g/mol. The lowest BCUT2D eigenvalue weighted by Crippen LogP contribution is -2.35. The summed E-state index contributed by atoms with van der Waals surface area (Å²) in [5.41, 5.74) is 6.59. The SMILES string of the molecule is CCCC(N)C(=O)Nc1ccc(Cl)cc1NC(=O)c1ccco1. The fourth-order valence-electron chi connectivity index (χ4n) is 1.99. The number of amides is 2. The van der Waals surface area contributed by atoms with Crippen molar-refractivity contribution in [1.29, 1.82) is 0 Å². The van der Waals surface area contributed by atoms with Gasteiger partial charge in [-0.15, -0.1) is 0 Å². The van der Waals surface area contributed by atoms with Crippen molar-refractivity contribution in [2.24, 2.45) is 5.73 Å². The van der Waals surface area contributed by atoms with E-state index >= 15 is 0 Å². The second kappa shape index (κ2) is 7.80. The van der Waals surface area contributed by atoms with E-state index < -0.39 is 11.9 Å². The van der Waals surface area contributed by atoms with Crippen molar-refractivity contribution in [3.63, 3.8) is 0 Å². The largest absolute Gasteiger partial charge is 0.459 e.